The van der Waals surface area contributed by atoms with Crippen LogP contribution in [0.15, 0.2) is 30.3 Å². The van der Waals surface area contributed by atoms with E-state index in [9.17, 15) is 9.59 Å². The van der Waals surface area contributed by atoms with E-state index < -0.39 is 5.97 Å². The molecule has 0 spiro atoms. The number of carbonyl (C=O) groups is 2. The number of carboxylic acid groups (broad SMARTS) is 1. The summed E-state index contributed by atoms with van der Waals surface area (Å²) in [5.74, 6) is -0.135. The predicted molar refractivity (Wildman–Crippen MR) is 78.0 cm³/mol. The van der Waals surface area contributed by atoms with E-state index in [4.69, 9.17) is 5.11 Å². The zero-order valence-electron chi connectivity index (χ0n) is 10.8. The molecular weight excluding hydrogens is 262 g/mol. The second-order valence-corrected chi connectivity index (χ2v) is 4.92. The van der Waals surface area contributed by atoms with Crippen molar-refractivity contribution in [3.05, 3.63) is 41.5 Å². The lowest BCUT2D eigenvalue weighted by atomic mass is 10.1. The van der Waals surface area contributed by atoms with Crippen LogP contribution in [0.2, 0.25) is 0 Å². The van der Waals surface area contributed by atoms with Gasteiger partial charge in [0, 0.05) is 24.8 Å². The largest absolute Gasteiger partial charge is 0.478 e. The van der Waals surface area contributed by atoms with E-state index in [1.54, 1.807) is 11.8 Å². The van der Waals surface area contributed by atoms with Crippen molar-refractivity contribution in [3.8, 4) is 0 Å². The van der Waals surface area contributed by atoms with E-state index in [2.05, 4.69) is 5.32 Å². The second kappa shape index (κ2) is 8.37. The molecule has 0 atom stereocenters. The Kier molecular flexibility index (Phi) is 6.74. The van der Waals surface area contributed by atoms with Crippen molar-refractivity contribution >= 4 is 29.7 Å². The highest BCUT2D eigenvalue weighted by molar-refractivity contribution is 7.98. The van der Waals surface area contributed by atoms with Gasteiger partial charge in [0.05, 0.1) is 0 Å². The molecule has 0 radical (unpaired) electrons. The van der Waals surface area contributed by atoms with Crippen LogP contribution in [-0.4, -0.2) is 29.0 Å². The number of amides is 1. The molecule has 0 aliphatic heterocycles. The molecule has 0 aromatic heterocycles. The first-order chi connectivity index (χ1) is 9.11. The fourth-order valence-corrected chi connectivity index (χ4v) is 1.85. The van der Waals surface area contributed by atoms with Crippen LogP contribution in [-0.2, 0) is 16.1 Å². The van der Waals surface area contributed by atoms with Crippen molar-refractivity contribution in [2.75, 3.05) is 12.0 Å². The minimum Gasteiger partial charge on any atom is -0.478 e. The first-order valence-electron chi connectivity index (χ1n) is 5.87. The molecule has 4 nitrogen and oxygen atoms in total. The van der Waals surface area contributed by atoms with Crippen molar-refractivity contribution < 1.29 is 14.7 Å². The summed E-state index contributed by atoms with van der Waals surface area (Å²) in [5.41, 5.74) is 1.75. The van der Waals surface area contributed by atoms with Gasteiger partial charge in [0.25, 0.3) is 0 Å². The third-order valence-corrected chi connectivity index (χ3v) is 3.00. The number of carbonyl (C=O) groups excluding carboxylic acids is 1. The minimum atomic E-state index is -0.976. The monoisotopic (exact) mass is 279 g/mol. The first kappa shape index (κ1) is 15.3. The Hall–Kier alpha value is -1.75. The highest BCUT2D eigenvalue weighted by Crippen LogP contribution is 2.07. The van der Waals surface area contributed by atoms with Crippen LogP contribution in [0, 0.1) is 0 Å². The third kappa shape index (κ3) is 6.67. The summed E-state index contributed by atoms with van der Waals surface area (Å²) in [7, 11) is 0. The van der Waals surface area contributed by atoms with Crippen LogP contribution in [0.25, 0.3) is 6.08 Å². The molecule has 0 unspecified atom stereocenters. The summed E-state index contributed by atoms with van der Waals surface area (Å²) in [6.45, 7) is 0.460. The second-order valence-electron chi connectivity index (χ2n) is 3.94. The SMILES string of the molecule is CSCCC(=O)NCc1cccc(C=CC(=O)O)c1. The molecule has 0 heterocycles. The Labute approximate surface area is 116 Å². The zero-order chi connectivity index (χ0) is 14.1. The first-order valence-corrected chi connectivity index (χ1v) is 7.27. The van der Waals surface area contributed by atoms with Gasteiger partial charge in [-0.2, -0.15) is 11.8 Å². The zero-order valence-corrected chi connectivity index (χ0v) is 11.6. The highest BCUT2D eigenvalue weighted by atomic mass is 32.2. The summed E-state index contributed by atoms with van der Waals surface area (Å²) in [4.78, 5) is 21.9. The van der Waals surface area contributed by atoms with Crippen molar-refractivity contribution in [1.29, 1.82) is 0 Å². The molecule has 1 aromatic rings. The lowest BCUT2D eigenvalue weighted by Gasteiger charge is -2.05. The summed E-state index contributed by atoms with van der Waals surface area (Å²) >= 11 is 1.64. The van der Waals surface area contributed by atoms with Crippen molar-refractivity contribution in [1.82, 2.24) is 5.32 Å². The molecule has 0 saturated carbocycles. The molecule has 0 saturated heterocycles. The van der Waals surface area contributed by atoms with E-state index >= 15 is 0 Å². The van der Waals surface area contributed by atoms with Crippen LogP contribution < -0.4 is 5.32 Å². The predicted octanol–water partition coefficient (Wildman–Crippen LogP) is 2.15. The molecule has 0 aliphatic carbocycles. The fourth-order valence-electron chi connectivity index (χ4n) is 1.46. The van der Waals surface area contributed by atoms with Crippen LogP contribution in [0.4, 0.5) is 0 Å². The van der Waals surface area contributed by atoms with Crippen LogP contribution >= 0.6 is 11.8 Å². The molecule has 1 rings (SSSR count). The van der Waals surface area contributed by atoms with Gasteiger partial charge in [-0.25, -0.2) is 4.79 Å². The maximum absolute atomic E-state index is 11.5. The molecule has 0 aliphatic rings. The van der Waals surface area contributed by atoms with Gasteiger partial charge >= 0.3 is 5.97 Å². The van der Waals surface area contributed by atoms with E-state index in [1.165, 1.54) is 6.08 Å². The van der Waals surface area contributed by atoms with Gasteiger partial charge in [-0.3, -0.25) is 4.79 Å². The summed E-state index contributed by atoms with van der Waals surface area (Å²) in [5, 5.41) is 11.4. The molecule has 1 aromatic carbocycles. The van der Waals surface area contributed by atoms with Gasteiger partial charge in [-0.1, -0.05) is 18.2 Å². The summed E-state index contributed by atoms with van der Waals surface area (Å²) < 4.78 is 0. The Morgan fingerprint density at radius 2 is 2.21 bits per heavy atom. The Balaban J connectivity index is 2.52. The molecule has 19 heavy (non-hydrogen) atoms. The lowest BCUT2D eigenvalue weighted by molar-refractivity contribution is -0.131. The third-order valence-electron chi connectivity index (χ3n) is 2.39. The Morgan fingerprint density at radius 1 is 1.42 bits per heavy atom. The number of hydrogen-bond donors (Lipinski definition) is 2. The smallest absolute Gasteiger partial charge is 0.328 e. The topological polar surface area (TPSA) is 66.4 Å². The highest BCUT2D eigenvalue weighted by Gasteiger charge is 2.00. The van der Waals surface area contributed by atoms with Gasteiger partial charge < -0.3 is 10.4 Å². The number of rotatable bonds is 7. The van der Waals surface area contributed by atoms with Crippen LogP contribution in [0.5, 0.6) is 0 Å². The molecule has 2 N–H and O–H groups in total. The van der Waals surface area contributed by atoms with Gasteiger partial charge in [0.15, 0.2) is 0 Å². The van der Waals surface area contributed by atoms with E-state index in [1.807, 2.05) is 30.5 Å². The molecule has 0 bridgehead atoms. The average molecular weight is 279 g/mol. The normalized spacial score (nSPS) is 10.6. The van der Waals surface area contributed by atoms with Gasteiger partial charge in [-0.15, -0.1) is 0 Å². The maximum atomic E-state index is 11.5. The van der Waals surface area contributed by atoms with E-state index in [-0.39, 0.29) is 5.91 Å². The van der Waals surface area contributed by atoms with Crippen molar-refractivity contribution in [2.45, 2.75) is 13.0 Å². The Morgan fingerprint density at radius 3 is 2.89 bits per heavy atom. The van der Waals surface area contributed by atoms with E-state index in [0.717, 1.165) is 23.0 Å². The maximum Gasteiger partial charge on any atom is 0.328 e. The molecular formula is C14H17NO3S. The Bertz CT molecular complexity index is 472. The van der Waals surface area contributed by atoms with Gasteiger partial charge in [0.2, 0.25) is 5.91 Å². The van der Waals surface area contributed by atoms with Crippen molar-refractivity contribution in [3.63, 3.8) is 0 Å². The minimum absolute atomic E-state index is 0.0285. The van der Waals surface area contributed by atoms with E-state index in [0.29, 0.717) is 13.0 Å². The molecule has 102 valence electrons. The number of hydrogen-bond acceptors (Lipinski definition) is 3. The summed E-state index contributed by atoms with van der Waals surface area (Å²) in [6.07, 6.45) is 5.10. The standard InChI is InChI=1S/C14H17NO3S/c1-19-8-7-13(16)15-10-12-4-2-3-11(9-12)5-6-14(17)18/h2-6,9H,7-8,10H2,1H3,(H,15,16)(H,17,18). The van der Waals surface area contributed by atoms with Crippen LogP contribution in [0.3, 0.4) is 0 Å². The quantitative estimate of drug-likeness (QED) is 0.751. The van der Waals surface area contributed by atoms with Gasteiger partial charge in [-0.05, 0) is 29.5 Å². The van der Waals surface area contributed by atoms with Crippen molar-refractivity contribution in [2.24, 2.45) is 0 Å². The lowest BCUT2D eigenvalue weighted by Crippen LogP contribution is -2.22. The molecule has 5 heteroatoms. The number of benzene rings is 1. The number of aliphatic carboxylic acids is 1. The molecule has 1 amide bonds. The van der Waals surface area contributed by atoms with Crippen LogP contribution in [0.1, 0.15) is 17.5 Å². The summed E-state index contributed by atoms with van der Waals surface area (Å²) in [6, 6.07) is 7.41. The van der Waals surface area contributed by atoms with Gasteiger partial charge in [0.1, 0.15) is 0 Å². The number of carboxylic acids is 1. The fraction of sp³-hybridized carbons (Fsp3) is 0.286. The molecule has 0 fully saturated rings. The number of nitrogens with one attached hydrogen (secondary N) is 1. The average Bonchev–Trinajstić information content (AvgIpc) is 2.41. The number of thioether (sulfide) groups is 1.